The Morgan fingerprint density at radius 2 is 2.18 bits per heavy atom. The van der Waals surface area contributed by atoms with Crippen molar-refractivity contribution >= 4 is 21.8 Å². The van der Waals surface area contributed by atoms with E-state index in [0.717, 1.165) is 0 Å². The third kappa shape index (κ3) is 3.78. The Kier molecular flexibility index (Phi) is 4.65. The lowest BCUT2D eigenvalue weighted by Gasteiger charge is -2.25. The summed E-state index contributed by atoms with van der Waals surface area (Å²) in [6.07, 6.45) is 0. The molecule has 94 valence electrons. The van der Waals surface area contributed by atoms with Crippen LogP contribution in [0, 0.1) is 5.82 Å². The summed E-state index contributed by atoms with van der Waals surface area (Å²) in [5.41, 5.74) is -0.537. The lowest BCUT2D eigenvalue weighted by atomic mass is 10.1. The molecule has 0 saturated carbocycles. The van der Waals surface area contributed by atoms with Crippen molar-refractivity contribution in [3.8, 4) is 0 Å². The van der Waals surface area contributed by atoms with Crippen LogP contribution in [0.5, 0.6) is 0 Å². The van der Waals surface area contributed by atoms with Crippen molar-refractivity contribution in [2.24, 2.45) is 0 Å². The van der Waals surface area contributed by atoms with Gasteiger partial charge in [-0.05, 0) is 41.9 Å². The standard InChI is InChI=1S/C12H15BrFNO2/c1-12(2,7-17-3)15-11(16)10-8(13)5-4-6-9(10)14/h4-6H,7H2,1-3H3,(H,15,16). The van der Waals surface area contributed by atoms with Gasteiger partial charge in [0, 0.05) is 11.6 Å². The van der Waals surface area contributed by atoms with Gasteiger partial charge < -0.3 is 10.1 Å². The highest BCUT2D eigenvalue weighted by Crippen LogP contribution is 2.20. The van der Waals surface area contributed by atoms with E-state index in [1.807, 2.05) is 13.8 Å². The molecular weight excluding hydrogens is 289 g/mol. The van der Waals surface area contributed by atoms with Crippen LogP contribution in [-0.2, 0) is 4.74 Å². The molecule has 0 aliphatic carbocycles. The summed E-state index contributed by atoms with van der Waals surface area (Å²) < 4.78 is 19.0. The van der Waals surface area contributed by atoms with Gasteiger partial charge in [-0.15, -0.1) is 0 Å². The average molecular weight is 304 g/mol. The number of halogens is 2. The number of hydrogen-bond acceptors (Lipinski definition) is 2. The number of ether oxygens (including phenoxy) is 1. The molecule has 0 unspecified atom stereocenters. The number of carbonyl (C=O) groups is 1. The van der Waals surface area contributed by atoms with Crippen LogP contribution in [0.25, 0.3) is 0 Å². The van der Waals surface area contributed by atoms with E-state index in [1.165, 1.54) is 12.1 Å². The first-order chi connectivity index (χ1) is 7.87. The Morgan fingerprint density at radius 1 is 1.53 bits per heavy atom. The molecule has 0 aliphatic rings. The molecule has 0 spiro atoms. The number of nitrogens with one attached hydrogen (secondary N) is 1. The molecular formula is C12H15BrFNO2. The lowest BCUT2D eigenvalue weighted by Crippen LogP contribution is -2.47. The highest BCUT2D eigenvalue weighted by molar-refractivity contribution is 9.10. The summed E-state index contributed by atoms with van der Waals surface area (Å²) in [5, 5.41) is 2.72. The van der Waals surface area contributed by atoms with Crippen molar-refractivity contribution in [3.63, 3.8) is 0 Å². The van der Waals surface area contributed by atoms with E-state index in [9.17, 15) is 9.18 Å². The Bertz CT molecular complexity index is 401. The second-order valence-corrected chi connectivity index (χ2v) is 5.22. The molecule has 0 radical (unpaired) electrons. The van der Waals surface area contributed by atoms with Gasteiger partial charge in [0.15, 0.2) is 0 Å². The fourth-order valence-electron chi connectivity index (χ4n) is 1.48. The van der Waals surface area contributed by atoms with Crippen molar-refractivity contribution in [2.75, 3.05) is 13.7 Å². The van der Waals surface area contributed by atoms with E-state index in [0.29, 0.717) is 11.1 Å². The Hall–Kier alpha value is -0.940. The van der Waals surface area contributed by atoms with Crippen molar-refractivity contribution < 1.29 is 13.9 Å². The average Bonchev–Trinajstić information content (AvgIpc) is 2.15. The first-order valence-corrected chi connectivity index (χ1v) is 5.92. The van der Waals surface area contributed by atoms with Gasteiger partial charge in [-0.25, -0.2) is 4.39 Å². The van der Waals surface area contributed by atoms with Gasteiger partial charge in [0.25, 0.3) is 5.91 Å². The minimum atomic E-state index is -0.551. The second kappa shape index (κ2) is 5.60. The first kappa shape index (κ1) is 14.1. The molecule has 17 heavy (non-hydrogen) atoms. The van der Waals surface area contributed by atoms with E-state index in [-0.39, 0.29) is 5.56 Å². The summed E-state index contributed by atoms with van der Waals surface area (Å²) in [5.74, 6) is -1.01. The van der Waals surface area contributed by atoms with Crippen LogP contribution < -0.4 is 5.32 Å². The van der Waals surface area contributed by atoms with Crippen LogP contribution in [0.15, 0.2) is 22.7 Å². The molecule has 1 aromatic carbocycles. The van der Waals surface area contributed by atoms with Gasteiger partial charge in [-0.1, -0.05) is 6.07 Å². The predicted molar refractivity (Wildman–Crippen MR) is 67.5 cm³/mol. The largest absolute Gasteiger partial charge is 0.382 e. The molecule has 0 atom stereocenters. The second-order valence-electron chi connectivity index (χ2n) is 4.37. The van der Waals surface area contributed by atoms with E-state index < -0.39 is 17.3 Å². The lowest BCUT2D eigenvalue weighted by molar-refractivity contribution is 0.0815. The number of methoxy groups -OCH3 is 1. The minimum Gasteiger partial charge on any atom is -0.382 e. The van der Waals surface area contributed by atoms with Crippen molar-refractivity contribution in [1.29, 1.82) is 0 Å². The molecule has 0 aliphatic heterocycles. The maximum atomic E-state index is 13.5. The molecule has 1 N–H and O–H groups in total. The highest BCUT2D eigenvalue weighted by atomic mass is 79.9. The quantitative estimate of drug-likeness (QED) is 0.929. The van der Waals surface area contributed by atoms with E-state index >= 15 is 0 Å². The van der Waals surface area contributed by atoms with Crippen LogP contribution in [0.1, 0.15) is 24.2 Å². The molecule has 0 aromatic heterocycles. The maximum absolute atomic E-state index is 13.5. The van der Waals surface area contributed by atoms with E-state index in [4.69, 9.17) is 4.74 Å². The van der Waals surface area contributed by atoms with Crippen LogP contribution >= 0.6 is 15.9 Å². The van der Waals surface area contributed by atoms with Crippen LogP contribution in [-0.4, -0.2) is 25.2 Å². The summed E-state index contributed by atoms with van der Waals surface area (Å²) in [7, 11) is 1.55. The Balaban J connectivity index is 2.91. The van der Waals surface area contributed by atoms with Crippen molar-refractivity contribution in [3.05, 3.63) is 34.1 Å². The number of rotatable bonds is 4. The van der Waals surface area contributed by atoms with Gasteiger partial charge in [0.2, 0.25) is 0 Å². The van der Waals surface area contributed by atoms with Gasteiger partial charge in [0.1, 0.15) is 5.82 Å². The summed E-state index contributed by atoms with van der Waals surface area (Å²) in [4.78, 5) is 11.9. The Labute approximate surface area is 108 Å². The highest BCUT2D eigenvalue weighted by Gasteiger charge is 2.24. The fourth-order valence-corrected chi connectivity index (χ4v) is 2.00. The van der Waals surface area contributed by atoms with Crippen LogP contribution in [0.3, 0.4) is 0 Å². The third-order valence-corrected chi connectivity index (χ3v) is 2.81. The molecule has 0 heterocycles. The normalized spacial score (nSPS) is 11.4. The molecule has 0 saturated heterocycles. The minimum absolute atomic E-state index is 0.0108. The van der Waals surface area contributed by atoms with Crippen LogP contribution in [0.4, 0.5) is 4.39 Å². The molecule has 3 nitrogen and oxygen atoms in total. The Morgan fingerprint density at radius 3 is 2.71 bits per heavy atom. The summed E-state index contributed by atoms with van der Waals surface area (Å²) >= 11 is 3.16. The van der Waals surface area contributed by atoms with Gasteiger partial charge in [-0.3, -0.25) is 4.79 Å². The van der Waals surface area contributed by atoms with Gasteiger partial charge in [0.05, 0.1) is 17.7 Å². The van der Waals surface area contributed by atoms with Crippen LogP contribution in [0.2, 0.25) is 0 Å². The SMILES string of the molecule is COCC(C)(C)NC(=O)c1c(F)cccc1Br. The van der Waals surface area contributed by atoms with E-state index in [2.05, 4.69) is 21.2 Å². The molecule has 0 bridgehead atoms. The molecule has 1 rings (SSSR count). The summed E-state index contributed by atoms with van der Waals surface area (Å²) in [6, 6.07) is 4.42. The monoisotopic (exact) mass is 303 g/mol. The number of carbonyl (C=O) groups excluding carboxylic acids is 1. The molecule has 1 amide bonds. The zero-order valence-corrected chi connectivity index (χ0v) is 11.6. The van der Waals surface area contributed by atoms with Crippen molar-refractivity contribution in [1.82, 2.24) is 5.32 Å². The number of hydrogen-bond donors (Lipinski definition) is 1. The summed E-state index contributed by atoms with van der Waals surface area (Å²) in [6.45, 7) is 3.97. The zero-order valence-electron chi connectivity index (χ0n) is 10.0. The first-order valence-electron chi connectivity index (χ1n) is 5.13. The van der Waals surface area contributed by atoms with E-state index in [1.54, 1.807) is 13.2 Å². The number of benzene rings is 1. The molecule has 1 aromatic rings. The molecule has 0 fully saturated rings. The van der Waals surface area contributed by atoms with Gasteiger partial charge in [-0.2, -0.15) is 0 Å². The topological polar surface area (TPSA) is 38.3 Å². The zero-order chi connectivity index (χ0) is 13.1. The molecule has 5 heteroatoms. The predicted octanol–water partition coefficient (Wildman–Crippen LogP) is 2.74. The maximum Gasteiger partial charge on any atom is 0.255 e. The van der Waals surface area contributed by atoms with Gasteiger partial charge >= 0.3 is 0 Å². The number of amides is 1. The van der Waals surface area contributed by atoms with Crippen molar-refractivity contribution in [2.45, 2.75) is 19.4 Å². The smallest absolute Gasteiger partial charge is 0.255 e. The third-order valence-electron chi connectivity index (χ3n) is 2.15. The fraction of sp³-hybridized carbons (Fsp3) is 0.417.